The van der Waals surface area contributed by atoms with Gasteiger partial charge in [0, 0.05) is 47.8 Å². The van der Waals surface area contributed by atoms with Gasteiger partial charge in [0.25, 0.3) is 5.91 Å². The van der Waals surface area contributed by atoms with Crippen molar-refractivity contribution in [2.75, 3.05) is 26.2 Å². The lowest BCUT2D eigenvalue weighted by Crippen LogP contribution is -2.54. The number of primary sulfonamides is 1. The van der Waals surface area contributed by atoms with Crippen LogP contribution in [0.5, 0.6) is 5.75 Å². The predicted molar refractivity (Wildman–Crippen MR) is 122 cm³/mol. The molecule has 1 atom stereocenters. The van der Waals surface area contributed by atoms with Gasteiger partial charge in [0.05, 0.1) is 5.75 Å². The van der Waals surface area contributed by atoms with Crippen molar-refractivity contribution in [2.45, 2.75) is 25.3 Å². The molecular formula is C21H25Cl2N3O4S. The number of amides is 1. The molecule has 0 bridgehead atoms. The van der Waals surface area contributed by atoms with E-state index in [4.69, 9.17) is 33.1 Å². The molecule has 31 heavy (non-hydrogen) atoms. The Kier molecular flexibility index (Phi) is 7.82. The summed E-state index contributed by atoms with van der Waals surface area (Å²) in [5, 5.41) is 6.21. The van der Waals surface area contributed by atoms with Crippen LogP contribution < -0.4 is 9.88 Å². The van der Waals surface area contributed by atoms with Gasteiger partial charge in [0.1, 0.15) is 5.75 Å². The summed E-state index contributed by atoms with van der Waals surface area (Å²) in [5.74, 6) is -0.299. The fraction of sp³-hybridized carbons (Fsp3) is 0.381. The average Bonchev–Trinajstić information content (AvgIpc) is 2.68. The van der Waals surface area contributed by atoms with Crippen LogP contribution in [-0.4, -0.2) is 56.4 Å². The van der Waals surface area contributed by atoms with Gasteiger partial charge in [-0.1, -0.05) is 35.3 Å². The first kappa shape index (κ1) is 23.8. The first-order valence-electron chi connectivity index (χ1n) is 9.78. The molecule has 1 heterocycles. The number of ether oxygens (including phenoxy) is 1. The van der Waals surface area contributed by atoms with E-state index in [1.54, 1.807) is 17.0 Å². The van der Waals surface area contributed by atoms with Crippen molar-refractivity contribution in [3.05, 3.63) is 63.6 Å². The summed E-state index contributed by atoms with van der Waals surface area (Å²) in [4.78, 5) is 16.8. The highest BCUT2D eigenvalue weighted by molar-refractivity contribution is 7.88. The molecule has 7 nitrogen and oxygen atoms in total. The molecule has 1 aliphatic rings. The van der Waals surface area contributed by atoms with Gasteiger partial charge < -0.3 is 9.64 Å². The summed E-state index contributed by atoms with van der Waals surface area (Å²) in [6.07, 6.45) is 0. The molecule has 1 unspecified atom stereocenters. The fourth-order valence-corrected chi connectivity index (χ4v) is 4.62. The Hall–Kier alpha value is -1.84. The molecule has 1 saturated heterocycles. The van der Waals surface area contributed by atoms with E-state index in [2.05, 4.69) is 4.90 Å². The van der Waals surface area contributed by atoms with Crippen LogP contribution >= 0.6 is 23.2 Å². The second-order valence-electron chi connectivity index (χ2n) is 7.65. The lowest BCUT2D eigenvalue weighted by atomic mass is 10.1. The standard InChI is InChI=1S/C21H25Cl2N3O4S/c1-15-11-25(12-16-2-4-18(22)5-3-16)8-9-26(15)21(27)13-30-20-7-6-19(23)10-17(20)14-31(24,28)29/h2-7,10,15H,8-9,11-14H2,1H3,(H2,24,28,29). The Labute approximate surface area is 192 Å². The SMILES string of the molecule is CC1CN(Cc2ccc(Cl)cc2)CCN1C(=O)COc1ccc(Cl)cc1CS(N)(=O)=O. The number of sulfonamides is 1. The minimum absolute atomic E-state index is 0.0197. The number of halogens is 2. The number of hydrogen-bond donors (Lipinski definition) is 1. The molecule has 0 aliphatic carbocycles. The van der Waals surface area contributed by atoms with Crippen molar-refractivity contribution in [3.8, 4) is 5.75 Å². The monoisotopic (exact) mass is 485 g/mol. The Morgan fingerprint density at radius 1 is 1.13 bits per heavy atom. The maximum absolute atomic E-state index is 12.7. The highest BCUT2D eigenvalue weighted by Gasteiger charge is 2.27. The molecule has 1 aliphatic heterocycles. The zero-order chi connectivity index (χ0) is 22.6. The second-order valence-corrected chi connectivity index (χ2v) is 10.1. The minimum atomic E-state index is -3.77. The number of carbonyl (C=O) groups excluding carboxylic acids is 1. The van der Waals surface area contributed by atoms with Crippen LogP contribution in [0.2, 0.25) is 10.0 Å². The third-order valence-corrected chi connectivity index (χ3v) is 6.28. The Morgan fingerprint density at radius 3 is 2.45 bits per heavy atom. The Bertz CT molecular complexity index is 1030. The number of benzene rings is 2. The molecule has 0 saturated carbocycles. The second kappa shape index (κ2) is 10.2. The van der Waals surface area contributed by atoms with Crippen LogP contribution in [-0.2, 0) is 27.1 Å². The summed E-state index contributed by atoms with van der Waals surface area (Å²) in [5.41, 5.74) is 1.49. The first-order valence-corrected chi connectivity index (χ1v) is 12.3. The molecule has 2 aromatic carbocycles. The van der Waals surface area contributed by atoms with Gasteiger partial charge in [-0.2, -0.15) is 0 Å². The van der Waals surface area contributed by atoms with Gasteiger partial charge in [0.15, 0.2) is 6.61 Å². The molecule has 1 amide bonds. The maximum atomic E-state index is 12.7. The summed E-state index contributed by atoms with van der Waals surface area (Å²) in [6, 6.07) is 12.4. The summed E-state index contributed by atoms with van der Waals surface area (Å²) >= 11 is 11.9. The quantitative estimate of drug-likeness (QED) is 0.650. The van der Waals surface area contributed by atoms with Gasteiger partial charge in [0.2, 0.25) is 10.0 Å². The van der Waals surface area contributed by atoms with Crippen molar-refractivity contribution in [1.82, 2.24) is 9.80 Å². The van der Waals surface area contributed by atoms with Crippen LogP contribution in [0.1, 0.15) is 18.1 Å². The average molecular weight is 486 g/mol. The van der Waals surface area contributed by atoms with Crippen LogP contribution in [0.25, 0.3) is 0 Å². The minimum Gasteiger partial charge on any atom is -0.483 e. The predicted octanol–water partition coefficient (Wildman–Crippen LogP) is 2.89. The maximum Gasteiger partial charge on any atom is 0.260 e. The van der Waals surface area contributed by atoms with E-state index in [0.29, 0.717) is 22.2 Å². The van der Waals surface area contributed by atoms with E-state index in [9.17, 15) is 13.2 Å². The number of piperazine rings is 1. The molecule has 0 radical (unpaired) electrons. The lowest BCUT2D eigenvalue weighted by molar-refractivity contribution is -0.138. The van der Waals surface area contributed by atoms with Crippen molar-refractivity contribution < 1.29 is 17.9 Å². The fourth-order valence-electron chi connectivity index (χ4n) is 3.64. The summed E-state index contributed by atoms with van der Waals surface area (Å²) < 4.78 is 28.6. The van der Waals surface area contributed by atoms with E-state index in [1.807, 2.05) is 31.2 Å². The number of hydrogen-bond acceptors (Lipinski definition) is 5. The third kappa shape index (κ3) is 7.08. The number of rotatable bonds is 7. The summed E-state index contributed by atoms with van der Waals surface area (Å²) in [7, 11) is -3.77. The smallest absolute Gasteiger partial charge is 0.260 e. The van der Waals surface area contributed by atoms with Gasteiger partial charge in [-0.25, -0.2) is 13.6 Å². The van der Waals surface area contributed by atoms with Gasteiger partial charge >= 0.3 is 0 Å². The third-order valence-electron chi connectivity index (χ3n) is 5.08. The van der Waals surface area contributed by atoms with Crippen LogP contribution in [0.4, 0.5) is 0 Å². The summed E-state index contributed by atoms with van der Waals surface area (Å²) in [6.45, 7) is 4.67. The molecule has 168 valence electrons. The number of nitrogens with two attached hydrogens (primary N) is 1. The van der Waals surface area contributed by atoms with E-state index in [-0.39, 0.29) is 24.3 Å². The zero-order valence-electron chi connectivity index (χ0n) is 17.1. The van der Waals surface area contributed by atoms with Crippen LogP contribution in [0.15, 0.2) is 42.5 Å². The highest BCUT2D eigenvalue weighted by Crippen LogP contribution is 2.25. The number of nitrogens with zero attached hydrogens (tertiary/aromatic N) is 2. The lowest BCUT2D eigenvalue weighted by Gasteiger charge is -2.39. The van der Waals surface area contributed by atoms with Crippen molar-refractivity contribution in [1.29, 1.82) is 0 Å². The molecule has 3 rings (SSSR count). The van der Waals surface area contributed by atoms with Crippen molar-refractivity contribution >= 4 is 39.1 Å². The molecule has 0 aromatic heterocycles. The molecule has 1 fully saturated rings. The number of carbonyl (C=O) groups is 1. The topological polar surface area (TPSA) is 92.9 Å². The Morgan fingerprint density at radius 2 is 1.81 bits per heavy atom. The molecule has 10 heteroatoms. The zero-order valence-corrected chi connectivity index (χ0v) is 19.5. The van der Waals surface area contributed by atoms with E-state index in [1.165, 1.54) is 11.6 Å². The largest absolute Gasteiger partial charge is 0.483 e. The van der Waals surface area contributed by atoms with E-state index in [0.717, 1.165) is 19.6 Å². The normalized spacial score (nSPS) is 17.5. The molecule has 2 aromatic rings. The highest BCUT2D eigenvalue weighted by atomic mass is 35.5. The Balaban J connectivity index is 1.56. The van der Waals surface area contributed by atoms with Crippen LogP contribution in [0.3, 0.4) is 0 Å². The van der Waals surface area contributed by atoms with Crippen molar-refractivity contribution in [3.63, 3.8) is 0 Å². The van der Waals surface area contributed by atoms with E-state index >= 15 is 0 Å². The van der Waals surface area contributed by atoms with Crippen molar-refractivity contribution in [2.24, 2.45) is 5.14 Å². The van der Waals surface area contributed by atoms with E-state index < -0.39 is 15.8 Å². The van der Waals surface area contributed by atoms with Gasteiger partial charge in [-0.3, -0.25) is 9.69 Å². The molecule has 2 N–H and O–H groups in total. The first-order chi connectivity index (χ1) is 14.6. The van der Waals surface area contributed by atoms with Gasteiger partial charge in [-0.15, -0.1) is 0 Å². The molecular weight excluding hydrogens is 461 g/mol. The van der Waals surface area contributed by atoms with Crippen LogP contribution in [0, 0.1) is 0 Å². The molecule has 0 spiro atoms. The van der Waals surface area contributed by atoms with Gasteiger partial charge in [-0.05, 0) is 42.8 Å².